The minimum absolute atomic E-state index is 0.0333. The van der Waals surface area contributed by atoms with E-state index < -0.39 is 102 Å². The number of fused-ring (bicyclic) bond motifs is 3. The van der Waals surface area contributed by atoms with Crippen molar-refractivity contribution in [2.45, 2.75) is 68.5 Å². The average Bonchev–Trinajstić information content (AvgIpc) is 3.08. The molecule has 0 aromatic heterocycles. The molecule has 48 heavy (non-hydrogen) atoms. The number of benzene rings is 3. The first kappa shape index (κ1) is 33.2. The van der Waals surface area contributed by atoms with E-state index in [9.17, 15) is 45.2 Å². The number of phenolic OH excluding ortho intramolecular Hbond substituents is 2. The summed E-state index contributed by atoms with van der Waals surface area (Å²) < 4.78 is 17.5. The van der Waals surface area contributed by atoms with Gasteiger partial charge in [0.2, 0.25) is 5.78 Å². The molecule has 0 amide bonds. The van der Waals surface area contributed by atoms with Gasteiger partial charge in [0.1, 0.15) is 35.5 Å². The number of rotatable bonds is 8. The number of aliphatic hydroxyl groups excluding tert-OH is 2. The summed E-state index contributed by atoms with van der Waals surface area (Å²) in [6.45, 7) is 0.541. The minimum atomic E-state index is -2.30. The van der Waals surface area contributed by atoms with Gasteiger partial charge in [0.15, 0.2) is 17.9 Å². The van der Waals surface area contributed by atoms with Crippen molar-refractivity contribution in [2.24, 2.45) is 0 Å². The lowest BCUT2D eigenvalue weighted by atomic mass is 9.72. The van der Waals surface area contributed by atoms with Crippen molar-refractivity contribution in [1.82, 2.24) is 5.32 Å². The molecule has 3 aliphatic rings. The van der Waals surface area contributed by atoms with Gasteiger partial charge in [-0.3, -0.25) is 19.7 Å². The number of carbonyl (C=O) groups is 3. The van der Waals surface area contributed by atoms with E-state index in [1.807, 2.05) is 0 Å². The Kier molecular flexibility index (Phi) is 8.82. The third-order valence-corrected chi connectivity index (χ3v) is 9.40. The summed E-state index contributed by atoms with van der Waals surface area (Å²) in [5, 5.41) is 68.4. The Labute approximate surface area is 274 Å². The van der Waals surface area contributed by atoms with Crippen LogP contribution in [0.25, 0.3) is 0 Å². The third kappa shape index (κ3) is 5.42. The Morgan fingerprint density at radius 1 is 1.08 bits per heavy atom. The fraction of sp³-hybridized carbons (Fsp3) is 0.371. The Morgan fingerprint density at radius 2 is 1.79 bits per heavy atom. The molecule has 0 radical (unpaired) electrons. The first-order valence-corrected chi connectivity index (χ1v) is 15.4. The zero-order valence-electron chi connectivity index (χ0n) is 26.0. The van der Waals surface area contributed by atoms with Gasteiger partial charge in [0, 0.05) is 42.0 Å². The number of aliphatic hydroxyl groups is 3. The molecule has 5 unspecified atom stereocenters. The lowest BCUT2D eigenvalue weighted by Gasteiger charge is -2.43. The van der Waals surface area contributed by atoms with Crippen molar-refractivity contribution in [2.75, 3.05) is 13.7 Å². The highest BCUT2D eigenvalue weighted by molar-refractivity contribution is 6.31. The molecule has 1 fully saturated rings. The highest BCUT2D eigenvalue weighted by atomic mass is 16.7. The Hall–Kier alpha value is -4.68. The van der Waals surface area contributed by atoms with Gasteiger partial charge in [-0.25, -0.2) is 0 Å². The summed E-state index contributed by atoms with van der Waals surface area (Å²) in [5.74, 6) is -3.91. The number of carbonyl (C=O) groups excluding carboxylic acids is 3. The number of nitrogens with zero attached hydrogens (tertiary/aromatic N) is 1. The number of hydrogen-bond acceptors (Lipinski definition) is 13. The van der Waals surface area contributed by atoms with Crippen molar-refractivity contribution in [3.63, 3.8) is 0 Å². The fourth-order valence-corrected chi connectivity index (χ4v) is 6.95. The molecule has 1 aliphatic heterocycles. The molecule has 3 aromatic carbocycles. The van der Waals surface area contributed by atoms with E-state index in [0.29, 0.717) is 5.56 Å². The number of ketones is 3. The number of aromatic hydroxyl groups is 2. The second-order valence-corrected chi connectivity index (χ2v) is 12.2. The SMILES string of the molecule is COc1cccc2c1C(=O)c1c(O)c3c(c(O)c1C2=O)C[C@@](O)(C(=O)CO)C[C@@H]3OC1CC(NC(C#N)c2ccccc2)C(O)C(C)O1. The number of hydrogen-bond donors (Lipinski definition) is 6. The van der Waals surface area contributed by atoms with Crippen LogP contribution in [-0.4, -0.2) is 86.7 Å². The molecular weight excluding hydrogens is 624 g/mol. The molecule has 13 nitrogen and oxygen atoms in total. The molecule has 2 aliphatic carbocycles. The van der Waals surface area contributed by atoms with Crippen molar-refractivity contribution in [1.29, 1.82) is 5.26 Å². The molecule has 13 heteroatoms. The van der Waals surface area contributed by atoms with Crippen molar-refractivity contribution in [3.8, 4) is 23.3 Å². The van der Waals surface area contributed by atoms with Crippen LogP contribution in [0.3, 0.4) is 0 Å². The van der Waals surface area contributed by atoms with Crippen LogP contribution in [-0.2, 0) is 20.7 Å². The molecule has 3 aromatic rings. The molecule has 6 rings (SSSR count). The standard InChI is InChI=1S/C35H34N2O11/c1-16-30(40)20(37-21(14-36)17-7-4-3-5-8-17)11-25(47-16)48-23-13-35(45,24(39)15-38)12-19-27(23)34(44)29-28(32(19)42)31(41)18-9-6-10-22(46-2)26(18)33(29)43/h3-10,16,20-21,23,25,30,37-38,40,42,44-45H,11-13,15H2,1-2H3/t16?,20?,21?,23-,25?,30?,35-/m0/s1. The van der Waals surface area contributed by atoms with E-state index in [1.54, 1.807) is 37.3 Å². The molecule has 250 valence electrons. The van der Waals surface area contributed by atoms with E-state index >= 15 is 0 Å². The van der Waals surface area contributed by atoms with Crippen LogP contribution in [0, 0.1) is 11.3 Å². The van der Waals surface area contributed by atoms with E-state index in [0.717, 1.165) is 0 Å². The van der Waals surface area contributed by atoms with Crippen LogP contribution in [0.1, 0.15) is 80.4 Å². The normalized spacial score (nSPS) is 26.9. The number of nitrogens with one attached hydrogen (secondary N) is 1. The van der Waals surface area contributed by atoms with Crippen LogP contribution in [0.15, 0.2) is 48.5 Å². The quantitative estimate of drug-likeness (QED) is 0.149. The Bertz CT molecular complexity index is 1840. The van der Waals surface area contributed by atoms with Gasteiger partial charge in [0.25, 0.3) is 0 Å². The topological polar surface area (TPSA) is 216 Å². The van der Waals surface area contributed by atoms with Crippen LogP contribution in [0.2, 0.25) is 0 Å². The second-order valence-electron chi connectivity index (χ2n) is 12.2. The molecule has 7 atom stereocenters. The highest BCUT2D eigenvalue weighted by Gasteiger charge is 2.50. The van der Waals surface area contributed by atoms with E-state index in [-0.39, 0.29) is 34.4 Å². The maximum Gasteiger partial charge on any atom is 0.202 e. The van der Waals surface area contributed by atoms with Crippen LogP contribution in [0.5, 0.6) is 17.2 Å². The van der Waals surface area contributed by atoms with E-state index in [4.69, 9.17) is 14.2 Å². The summed E-state index contributed by atoms with van der Waals surface area (Å²) in [6, 6.07) is 13.9. The third-order valence-electron chi connectivity index (χ3n) is 9.40. The molecule has 0 spiro atoms. The second kappa shape index (κ2) is 12.7. The lowest BCUT2D eigenvalue weighted by molar-refractivity contribution is -0.250. The number of phenols is 2. The number of nitriles is 1. The Morgan fingerprint density at radius 3 is 2.46 bits per heavy atom. The molecule has 1 saturated heterocycles. The van der Waals surface area contributed by atoms with Gasteiger partial charge in [-0.05, 0) is 18.6 Å². The minimum Gasteiger partial charge on any atom is -0.507 e. The van der Waals surface area contributed by atoms with Gasteiger partial charge in [0.05, 0.1) is 48.2 Å². The smallest absolute Gasteiger partial charge is 0.202 e. The van der Waals surface area contributed by atoms with E-state index in [2.05, 4.69) is 11.4 Å². The maximum absolute atomic E-state index is 13.9. The van der Waals surface area contributed by atoms with Crippen LogP contribution >= 0.6 is 0 Å². The summed E-state index contributed by atoms with van der Waals surface area (Å²) in [6.07, 6.45) is -5.63. The molecule has 0 saturated carbocycles. The van der Waals surface area contributed by atoms with Gasteiger partial charge >= 0.3 is 0 Å². The molecular formula is C35H34N2O11. The van der Waals surface area contributed by atoms with Gasteiger partial charge in [-0.1, -0.05) is 42.5 Å². The summed E-state index contributed by atoms with van der Waals surface area (Å²) in [4.78, 5) is 40.4. The van der Waals surface area contributed by atoms with Gasteiger partial charge in [-0.2, -0.15) is 5.26 Å². The lowest BCUT2D eigenvalue weighted by Crippen LogP contribution is -2.55. The van der Waals surface area contributed by atoms with Gasteiger partial charge < -0.3 is 39.7 Å². The van der Waals surface area contributed by atoms with Gasteiger partial charge in [-0.15, -0.1) is 0 Å². The number of Topliss-reactive ketones (excluding diaryl/α,β-unsaturated/α-hetero) is 1. The molecule has 1 heterocycles. The summed E-state index contributed by atoms with van der Waals surface area (Å²) in [5.41, 5.74) is -3.17. The Balaban J connectivity index is 1.41. The predicted octanol–water partition coefficient (Wildman–Crippen LogP) is 1.90. The average molecular weight is 659 g/mol. The summed E-state index contributed by atoms with van der Waals surface area (Å²) in [7, 11) is 1.32. The highest BCUT2D eigenvalue weighted by Crippen LogP contribution is 2.52. The van der Waals surface area contributed by atoms with Crippen LogP contribution < -0.4 is 10.1 Å². The van der Waals surface area contributed by atoms with Crippen molar-refractivity contribution < 1.29 is 54.1 Å². The van der Waals surface area contributed by atoms with Crippen molar-refractivity contribution >= 4 is 17.3 Å². The first-order chi connectivity index (χ1) is 22.9. The molecule has 0 bridgehead atoms. The zero-order chi connectivity index (χ0) is 34.5. The van der Waals surface area contributed by atoms with Crippen LogP contribution in [0.4, 0.5) is 0 Å². The first-order valence-electron chi connectivity index (χ1n) is 15.4. The number of methoxy groups -OCH3 is 1. The fourth-order valence-electron chi connectivity index (χ4n) is 6.95. The van der Waals surface area contributed by atoms with Crippen molar-refractivity contribution in [3.05, 3.63) is 87.5 Å². The monoisotopic (exact) mass is 658 g/mol. The van der Waals surface area contributed by atoms with E-state index in [1.165, 1.54) is 25.3 Å². The number of ether oxygens (including phenoxy) is 3. The molecule has 6 N–H and O–H groups in total. The zero-order valence-corrected chi connectivity index (χ0v) is 26.0. The predicted molar refractivity (Wildman–Crippen MR) is 165 cm³/mol. The largest absolute Gasteiger partial charge is 0.507 e. The maximum atomic E-state index is 13.9. The summed E-state index contributed by atoms with van der Waals surface area (Å²) >= 11 is 0.